The van der Waals surface area contributed by atoms with Crippen LogP contribution in [0.15, 0.2) is 24.3 Å². The number of nitrogens with zero attached hydrogens (tertiary/aromatic N) is 1. The molecule has 1 aromatic carbocycles. The summed E-state index contributed by atoms with van der Waals surface area (Å²) in [7, 11) is 1.41. The summed E-state index contributed by atoms with van der Waals surface area (Å²) in [6.45, 7) is 4.47. The van der Waals surface area contributed by atoms with Gasteiger partial charge in [0.05, 0.1) is 12.7 Å². The molecule has 0 aliphatic carbocycles. The number of rotatable bonds is 3. The van der Waals surface area contributed by atoms with Crippen LogP contribution in [0.2, 0.25) is 0 Å². The van der Waals surface area contributed by atoms with Crippen LogP contribution in [0.5, 0.6) is 0 Å². The molecule has 20 heavy (non-hydrogen) atoms. The van der Waals surface area contributed by atoms with Crippen molar-refractivity contribution in [3.8, 4) is 0 Å². The van der Waals surface area contributed by atoms with Crippen LogP contribution in [-0.4, -0.2) is 43.7 Å². The lowest BCUT2D eigenvalue weighted by molar-refractivity contribution is 0.0600. The Morgan fingerprint density at radius 1 is 1.35 bits per heavy atom. The normalized spacial score (nSPS) is 26.2. The van der Waals surface area contributed by atoms with Crippen LogP contribution in [0, 0.1) is 5.92 Å². The van der Waals surface area contributed by atoms with Gasteiger partial charge in [0.1, 0.15) is 0 Å². The summed E-state index contributed by atoms with van der Waals surface area (Å²) in [6, 6.07) is 8.44. The molecule has 0 saturated carbocycles. The lowest BCUT2D eigenvalue weighted by Gasteiger charge is -2.24. The highest BCUT2D eigenvalue weighted by atomic mass is 16.5. The number of carbonyl (C=O) groups is 1. The molecule has 0 amide bonds. The fourth-order valence-corrected chi connectivity index (χ4v) is 3.39. The number of nitrogens with one attached hydrogen (secondary N) is 1. The minimum absolute atomic E-state index is 0.270. The van der Waals surface area contributed by atoms with Gasteiger partial charge in [-0.15, -0.1) is 0 Å². The summed E-state index contributed by atoms with van der Waals surface area (Å²) in [6.07, 6.45) is 2.66. The van der Waals surface area contributed by atoms with Gasteiger partial charge < -0.3 is 10.1 Å². The summed E-state index contributed by atoms with van der Waals surface area (Å²) in [5, 5.41) is 3.63. The average Bonchev–Trinajstić information content (AvgIpc) is 2.89. The van der Waals surface area contributed by atoms with Gasteiger partial charge in [0.25, 0.3) is 0 Å². The molecule has 0 aromatic heterocycles. The number of likely N-dealkylation sites (tertiary alicyclic amines) is 1. The molecule has 2 fully saturated rings. The Morgan fingerprint density at radius 2 is 2.15 bits per heavy atom. The Labute approximate surface area is 120 Å². The Hall–Kier alpha value is -1.39. The standard InChI is InChI=1S/C16H22N2O2/c1-20-16(19)13-6-4-12(5-7-13)9-18-10-14-3-2-8-17-15(14)11-18/h4-7,14-15,17H,2-3,8-11H2,1H3. The van der Waals surface area contributed by atoms with E-state index in [0.29, 0.717) is 11.6 Å². The van der Waals surface area contributed by atoms with Crippen LogP contribution in [0.3, 0.4) is 0 Å². The van der Waals surface area contributed by atoms with Crippen molar-refractivity contribution in [3.63, 3.8) is 0 Å². The molecule has 1 aromatic rings. The molecule has 0 spiro atoms. The second-order valence-electron chi connectivity index (χ2n) is 5.85. The van der Waals surface area contributed by atoms with Gasteiger partial charge in [0.15, 0.2) is 0 Å². The number of piperidine rings is 1. The van der Waals surface area contributed by atoms with Gasteiger partial charge in [0.2, 0.25) is 0 Å². The van der Waals surface area contributed by atoms with E-state index in [1.165, 1.54) is 38.6 Å². The van der Waals surface area contributed by atoms with E-state index in [1.807, 2.05) is 24.3 Å². The predicted octanol–water partition coefficient (Wildman–Crippen LogP) is 1.66. The molecular weight excluding hydrogens is 252 g/mol. The first-order chi connectivity index (χ1) is 9.76. The van der Waals surface area contributed by atoms with Crippen LogP contribution < -0.4 is 5.32 Å². The monoisotopic (exact) mass is 274 g/mol. The number of hydrogen-bond donors (Lipinski definition) is 1. The Morgan fingerprint density at radius 3 is 2.85 bits per heavy atom. The molecule has 0 bridgehead atoms. The third-order valence-electron chi connectivity index (χ3n) is 4.46. The molecule has 4 nitrogen and oxygen atoms in total. The van der Waals surface area contributed by atoms with Crippen LogP contribution in [-0.2, 0) is 11.3 Å². The van der Waals surface area contributed by atoms with E-state index in [4.69, 9.17) is 4.74 Å². The second-order valence-corrected chi connectivity index (χ2v) is 5.85. The SMILES string of the molecule is COC(=O)c1ccc(CN2CC3CCCNC3C2)cc1. The highest BCUT2D eigenvalue weighted by molar-refractivity contribution is 5.89. The Balaban J connectivity index is 1.59. The molecule has 108 valence electrons. The number of carbonyl (C=O) groups excluding carboxylic acids is 1. The van der Waals surface area contributed by atoms with E-state index in [1.54, 1.807) is 0 Å². The smallest absolute Gasteiger partial charge is 0.337 e. The van der Waals surface area contributed by atoms with Gasteiger partial charge >= 0.3 is 5.97 Å². The van der Waals surface area contributed by atoms with Crippen LogP contribution in [0.4, 0.5) is 0 Å². The molecular formula is C16H22N2O2. The third kappa shape index (κ3) is 2.86. The topological polar surface area (TPSA) is 41.6 Å². The maximum atomic E-state index is 11.4. The van der Waals surface area contributed by atoms with E-state index in [2.05, 4.69) is 10.2 Å². The zero-order chi connectivity index (χ0) is 13.9. The molecule has 3 rings (SSSR count). The van der Waals surface area contributed by atoms with Crippen molar-refractivity contribution in [1.29, 1.82) is 0 Å². The summed E-state index contributed by atoms with van der Waals surface area (Å²) >= 11 is 0. The highest BCUT2D eigenvalue weighted by Crippen LogP contribution is 2.26. The number of ether oxygens (including phenoxy) is 1. The van der Waals surface area contributed by atoms with Crippen molar-refractivity contribution in [2.45, 2.75) is 25.4 Å². The average molecular weight is 274 g/mol. The lowest BCUT2D eigenvalue weighted by Crippen LogP contribution is -2.40. The first-order valence-electron chi connectivity index (χ1n) is 7.39. The predicted molar refractivity (Wildman–Crippen MR) is 77.6 cm³/mol. The highest BCUT2D eigenvalue weighted by Gasteiger charge is 2.33. The summed E-state index contributed by atoms with van der Waals surface area (Å²) in [5.41, 5.74) is 1.88. The van der Waals surface area contributed by atoms with Crippen molar-refractivity contribution >= 4 is 5.97 Å². The largest absolute Gasteiger partial charge is 0.465 e. The van der Waals surface area contributed by atoms with Gasteiger partial charge in [-0.2, -0.15) is 0 Å². The number of methoxy groups -OCH3 is 1. The first kappa shape index (κ1) is 13.6. The van der Waals surface area contributed by atoms with Crippen LogP contribution >= 0.6 is 0 Å². The number of esters is 1. The summed E-state index contributed by atoms with van der Waals surface area (Å²) < 4.78 is 4.72. The Kier molecular flexibility index (Phi) is 4.03. The quantitative estimate of drug-likeness (QED) is 0.851. The summed E-state index contributed by atoms with van der Waals surface area (Å²) in [4.78, 5) is 13.9. The summed E-state index contributed by atoms with van der Waals surface area (Å²) in [5.74, 6) is 0.547. The van der Waals surface area contributed by atoms with Crippen LogP contribution in [0.25, 0.3) is 0 Å². The fraction of sp³-hybridized carbons (Fsp3) is 0.562. The van der Waals surface area contributed by atoms with Crippen molar-refractivity contribution in [2.75, 3.05) is 26.7 Å². The van der Waals surface area contributed by atoms with E-state index < -0.39 is 0 Å². The molecule has 2 heterocycles. The van der Waals surface area contributed by atoms with E-state index in [9.17, 15) is 4.79 Å². The maximum Gasteiger partial charge on any atom is 0.337 e. The molecule has 2 atom stereocenters. The zero-order valence-electron chi connectivity index (χ0n) is 12.0. The third-order valence-corrected chi connectivity index (χ3v) is 4.46. The van der Waals surface area contributed by atoms with E-state index in [0.717, 1.165) is 19.0 Å². The zero-order valence-corrected chi connectivity index (χ0v) is 12.0. The van der Waals surface area contributed by atoms with Gasteiger partial charge in [-0.1, -0.05) is 12.1 Å². The fourth-order valence-electron chi connectivity index (χ4n) is 3.39. The van der Waals surface area contributed by atoms with Gasteiger partial charge in [-0.3, -0.25) is 4.90 Å². The first-order valence-corrected chi connectivity index (χ1v) is 7.39. The van der Waals surface area contributed by atoms with Crippen LogP contribution in [0.1, 0.15) is 28.8 Å². The van der Waals surface area contributed by atoms with E-state index in [-0.39, 0.29) is 5.97 Å². The lowest BCUT2D eigenvalue weighted by atomic mass is 9.94. The van der Waals surface area contributed by atoms with Gasteiger partial charge in [-0.25, -0.2) is 4.79 Å². The maximum absolute atomic E-state index is 11.4. The molecule has 2 aliphatic rings. The molecule has 2 aliphatic heterocycles. The molecule has 4 heteroatoms. The molecule has 2 unspecified atom stereocenters. The Bertz CT molecular complexity index is 458. The number of hydrogen-bond acceptors (Lipinski definition) is 4. The van der Waals surface area contributed by atoms with E-state index >= 15 is 0 Å². The molecule has 2 saturated heterocycles. The molecule has 1 N–H and O–H groups in total. The van der Waals surface area contributed by atoms with Crippen molar-refractivity contribution < 1.29 is 9.53 Å². The number of fused-ring (bicyclic) bond motifs is 1. The van der Waals surface area contributed by atoms with Crippen molar-refractivity contribution in [3.05, 3.63) is 35.4 Å². The van der Waals surface area contributed by atoms with Crippen molar-refractivity contribution in [1.82, 2.24) is 10.2 Å². The second kappa shape index (κ2) is 5.94. The number of benzene rings is 1. The van der Waals surface area contributed by atoms with Gasteiger partial charge in [-0.05, 0) is 43.0 Å². The molecule has 0 radical (unpaired) electrons. The van der Waals surface area contributed by atoms with Gasteiger partial charge in [0, 0.05) is 25.7 Å². The van der Waals surface area contributed by atoms with Crippen molar-refractivity contribution in [2.24, 2.45) is 5.92 Å². The minimum Gasteiger partial charge on any atom is -0.465 e. The minimum atomic E-state index is -0.270.